The molecule has 11 nitrogen and oxygen atoms in total. The number of amides is 3. The van der Waals surface area contributed by atoms with Crippen LogP contribution in [0.1, 0.15) is 37.6 Å². The molecule has 0 saturated heterocycles. The topological polar surface area (TPSA) is 171 Å². The van der Waals surface area contributed by atoms with Gasteiger partial charge < -0.3 is 15.2 Å². The molecule has 3 N–H and O–H groups in total. The lowest BCUT2D eigenvalue weighted by Gasteiger charge is -2.17. The predicted molar refractivity (Wildman–Crippen MR) is 158 cm³/mol. The predicted octanol–water partition coefficient (Wildman–Crippen LogP) is 4.31. The van der Waals surface area contributed by atoms with Crippen LogP contribution in [-0.4, -0.2) is 39.3 Å². The molecule has 0 atom stereocenters. The molecule has 0 bridgehead atoms. The molecule has 5 rings (SSSR count). The molecule has 2 aromatic carbocycles. The zero-order chi connectivity index (χ0) is 29.8. The van der Waals surface area contributed by atoms with E-state index >= 15 is 0 Å². The normalized spacial score (nSPS) is 10.5. The molecule has 0 aliphatic carbocycles. The molecule has 3 aromatic heterocycles. The van der Waals surface area contributed by atoms with E-state index in [1.807, 2.05) is 6.07 Å². The average Bonchev–Trinajstić information content (AvgIpc) is 3.64. The second-order valence-corrected chi connectivity index (χ2v) is 10.3. The fourth-order valence-electron chi connectivity index (χ4n) is 4.32. The monoisotopic (exact) mass is 574 g/mol. The molecule has 0 aliphatic rings. The van der Waals surface area contributed by atoms with Crippen molar-refractivity contribution in [2.75, 3.05) is 17.3 Å². The van der Waals surface area contributed by atoms with Gasteiger partial charge in [-0.1, -0.05) is 6.07 Å². The number of anilines is 2. The van der Waals surface area contributed by atoms with Gasteiger partial charge in [0, 0.05) is 54.1 Å². The Balaban J connectivity index is 1.44. The van der Waals surface area contributed by atoms with Gasteiger partial charge in [0.2, 0.25) is 11.9 Å². The van der Waals surface area contributed by atoms with E-state index in [4.69, 9.17) is 11.0 Å². The second-order valence-electron chi connectivity index (χ2n) is 9.23. The number of nitrogens with zero attached hydrogens (tertiary/aromatic N) is 6. The Labute approximate surface area is 244 Å². The number of aryl methyl sites for hydroxylation is 1. The number of hydrogen-bond acceptors (Lipinski definition) is 8. The van der Waals surface area contributed by atoms with E-state index in [0.717, 1.165) is 10.4 Å². The molecule has 0 aliphatic heterocycles. The molecular formula is C30H22N8O3S. The third-order valence-corrected chi connectivity index (χ3v) is 7.58. The summed E-state index contributed by atoms with van der Waals surface area (Å²) in [6.45, 7) is 0.179. The average molecular weight is 575 g/mol. The first kappa shape index (κ1) is 27.7. The molecule has 3 amide bonds. The molecule has 206 valence electrons. The number of nitrogens with two attached hydrogens (primary N) is 1. The Bertz CT molecular complexity index is 1950. The van der Waals surface area contributed by atoms with Gasteiger partial charge in [-0.25, -0.2) is 4.98 Å². The highest BCUT2D eigenvalue weighted by molar-refractivity contribution is 7.17. The van der Waals surface area contributed by atoms with Crippen LogP contribution in [0, 0.1) is 22.7 Å². The molecule has 0 fully saturated rings. The summed E-state index contributed by atoms with van der Waals surface area (Å²) in [5.74, 6) is -1.01. The Morgan fingerprint density at radius 2 is 1.83 bits per heavy atom. The first-order valence-electron chi connectivity index (χ1n) is 12.6. The van der Waals surface area contributed by atoms with Gasteiger partial charge in [0.05, 0.1) is 33.1 Å². The molecule has 0 saturated carbocycles. The summed E-state index contributed by atoms with van der Waals surface area (Å²) in [6, 6.07) is 20.9. The summed E-state index contributed by atoms with van der Waals surface area (Å²) in [5, 5.41) is 21.2. The number of hydrogen-bond donors (Lipinski definition) is 2. The molecule has 0 unspecified atom stereocenters. The van der Waals surface area contributed by atoms with Crippen molar-refractivity contribution in [3.8, 4) is 22.6 Å². The first-order valence-corrected chi connectivity index (χ1v) is 13.4. The number of nitrogens with one attached hydrogen (secondary N) is 1. The lowest BCUT2D eigenvalue weighted by Crippen LogP contribution is -2.26. The fourth-order valence-corrected chi connectivity index (χ4v) is 5.20. The molecule has 42 heavy (non-hydrogen) atoms. The van der Waals surface area contributed by atoms with Gasteiger partial charge >= 0.3 is 0 Å². The van der Waals surface area contributed by atoms with E-state index in [1.54, 1.807) is 72.4 Å². The van der Waals surface area contributed by atoms with Crippen LogP contribution < -0.4 is 16.0 Å². The van der Waals surface area contributed by atoms with Gasteiger partial charge in [-0.2, -0.15) is 10.5 Å². The first-order chi connectivity index (χ1) is 20.3. The van der Waals surface area contributed by atoms with Crippen molar-refractivity contribution in [1.29, 1.82) is 10.5 Å². The number of nitriles is 2. The minimum Gasteiger partial charge on any atom is -0.370 e. The highest BCUT2D eigenvalue weighted by Crippen LogP contribution is 2.30. The van der Waals surface area contributed by atoms with Crippen LogP contribution in [0.15, 0.2) is 73.1 Å². The maximum Gasteiger partial charge on any atom is 0.268 e. The van der Waals surface area contributed by atoms with Crippen LogP contribution in [0.2, 0.25) is 0 Å². The summed E-state index contributed by atoms with van der Waals surface area (Å²) in [6.07, 6.45) is 3.11. The van der Waals surface area contributed by atoms with Crippen molar-refractivity contribution in [2.24, 2.45) is 5.73 Å². The van der Waals surface area contributed by atoms with E-state index in [-0.39, 0.29) is 24.8 Å². The van der Waals surface area contributed by atoms with Crippen LogP contribution in [0.3, 0.4) is 0 Å². The van der Waals surface area contributed by atoms with Crippen LogP contribution in [0.25, 0.3) is 21.5 Å². The molecule has 12 heteroatoms. The summed E-state index contributed by atoms with van der Waals surface area (Å²) in [4.78, 5) is 49.2. The highest BCUT2D eigenvalue weighted by Gasteiger charge is 2.20. The minimum absolute atomic E-state index is 0.0229. The Morgan fingerprint density at radius 3 is 2.60 bits per heavy atom. The largest absolute Gasteiger partial charge is 0.370 e. The fraction of sp³-hybridized carbons (Fsp3) is 0.100. The Kier molecular flexibility index (Phi) is 7.73. The Morgan fingerprint density at radius 1 is 1.02 bits per heavy atom. The van der Waals surface area contributed by atoms with E-state index < -0.39 is 11.8 Å². The van der Waals surface area contributed by atoms with Gasteiger partial charge in [0.15, 0.2) is 0 Å². The molecule has 0 spiro atoms. The lowest BCUT2D eigenvalue weighted by atomic mass is 10.1. The quantitative estimate of drug-likeness (QED) is 0.278. The van der Waals surface area contributed by atoms with Crippen molar-refractivity contribution in [2.45, 2.75) is 13.0 Å². The number of benzene rings is 2. The van der Waals surface area contributed by atoms with Crippen molar-refractivity contribution < 1.29 is 14.4 Å². The van der Waals surface area contributed by atoms with Crippen molar-refractivity contribution >= 4 is 51.7 Å². The molecular weight excluding hydrogens is 552 g/mol. The summed E-state index contributed by atoms with van der Waals surface area (Å²) >= 11 is 1.24. The third kappa shape index (κ3) is 5.70. The maximum atomic E-state index is 13.2. The van der Waals surface area contributed by atoms with Gasteiger partial charge in [-0.3, -0.25) is 24.7 Å². The van der Waals surface area contributed by atoms with Crippen molar-refractivity contribution in [1.82, 2.24) is 14.5 Å². The molecule has 5 aromatic rings. The third-order valence-electron chi connectivity index (χ3n) is 6.45. The van der Waals surface area contributed by atoms with E-state index in [2.05, 4.69) is 21.4 Å². The van der Waals surface area contributed by atoms with Gasteiger partial charge in [0.25, 0.3) is 11.8 Å². The zero-order valence-corrected chi connectivity index (χ0v) is 23.1. The number of carbonyl (C=O) groups excluding carboxylic acids is 3. The van der Waals surface area contributed by atoms with Gasteiger partial charge in [-0.05, 0) is 54.6 Å². The van der Waals surface area contributed by atoms with E-state index in [1.165, 1.54) is 28.5 Å². The standard InChI is InChI=1S/C30H22N8O3S/c1-37(29(41)20-4-2-3-18(11-20)14-31)22-5-6-24-23(13-22)35-30(38(24)10-9-27(33)39)36-28(40)26-8-7-25(42-26)21-12-19(15-32)16-34-17-21/h2-8,11-13,16-17H,9-10H2,1H3,(H2,33,39)(H,35,36,40). The van der Waals surface area contributed by atoms with Crippen LogP contribution in [-0.2, 0) is 11.3 Å². The number of fused-ring (bicyclic) bond motifs is 1. The number of primary amides is 1. The van der Waals surface area contributed by atoms with Gasteiger partial charge in [0.1, 0.15) is 6.07 Å². The highest BCUT2D eigenvalue weighted by atomic mass is 32.1. The smallest absolute Gasteiger partial charge is 0.268 e. The zero-order valence-electron chi connectivity index (χ0n) is 22.2. The second kappa shape index (κ2) is 11.7. The Hall–Kier alpha value is -5.85. The minimum atomic E-state index is -0.508. The van der Waals surface area contributed by atoms with Crippen LogP contribution in [0.5, 0.6) is 0 Å². The van der Waals surface area contributed by atoms with Crippen molar-refractivity contribution in [3.05, 3.63) is 94.6 Å². The summed E-state index contributed by atoms with van der Waals surface area (Å²) in [7, 11) is 1.62. The molecule has 3 heterocycles. The molecule has 0 radical (unpaired) electrons. The SMILES string of the molecule is CN(C(=O)c1cccc(C#N)c1)c1ccc2c(c1)nc(NC(=O)c1ccc(-c3cncc(C#N)c3)s1)n2CCC(N)=O. The maximum absolute atomic E-state index is 13.2. The number of pyridine rings is 1. The number of carbonyl (C=O) groups is 3. The number of aromatic nitrogens is 3. The number of imidazole rings is 1. The van der Waals surface area contributed by atoms with E-state index in [0.29, 0.717) is 38.3 Å². The van der Waals surface area contributed by atoms with Crippen molar-refractivity contribution in [3.63, 3.8) is 0 Å². The lowest BCUT2D eigenvalue weighted by molar-refractivity contribution is -0.118. The number of rotatable bonds is 8. The number of thiophene rings is 1. The van der Waals surface area contributed by atoms with E-state index in [9.17, 15) is 19.6 Å². The van der Waals surface area contributed by atoms with Crippen LogP contribution in [0.4, 0.5) is 11.6 Å². The van der Waals surface area contributed by atoms with Gasteiger partial charge in [-0.15, -0.1) is 11.3 Å². The summed E-state index contributed by atoms with van der Waals surface area (Å²) in [5.41, 5.74) is 8.94. The van der Waals surface area contributed by atoms with Crippen LogP contribution >= 0.6 is 11.3 Å². The summed E-state index contributed by atoms with van der Waals surface area (Å²) < 4.78 is 1.69.